The van der Waals surface area contributed by atoms with E-state index in [2.05, 4.69) is 163 Å². The second-order valence-electron chi connectivity index (χ2n) is 13.3. The fourth-order valence-electron chi connectivity index (χ4n) is 7.84. The number of rotatable bonds is 5. The Kier molecular flexibility index (Phi) is 6.42. The molecule has 0 atom stereocenters. The van der Waals surface area contributed by atoms with Crippen molar-refractivity contribution in [3.05, 3.63) is 176 Å². The molecule has 0 bridgehead atoms. The van der Waals surface area contributed by atoms with Crippen molar-refractivity contribution in [2.45, 2.75) is 0 Å². The molecule has 3 nitrogen and oxygen atoms in total. The second kappa shape index (κ2) is 11.5. The van der Waals surface area contributed by atoms with Gasteiger partial charge in [-0.25, -0.2) is 0 Å². The van der Waals surface area contributed by atoms with Crippen molar-refractivity contribution in [1.82, 2.24) is 0 Å². The minimum Gasteiger partial charge on any atom is -0.456 e. The Labute approximate surface area is 303 Å². The summed E-state index contributed by atoms with van der Waals surface area (Å²) in [6.45, 7) is 0. The maximum atomic E-state index is 6.51. The summed E-state index contributed by atoms with van der Waals surface area (Å²) in [7, 11) is 0. The van der Waals surface area contributed by atoms with Crippen molar-refractivity contribution in [1.29, 1.82) is 0 Å². The van der Waals surface area contributed by atoms with Crippen LogP contribution in [-0.2, 0) is 0 Å². The first kappa shape index (κ1) is 29.1. The predicted octanol–water partition coefficient (Wildman–Crippen LogP) is 14.7. The fourth-order valence-corrected chi connectivity index (χ4v) is 9.10. The van der Waals surface area contributed by atoms with Gasteiger partial charge in [-0.3, -0.25) is 0 Å². The molecule has 8 aromatic carbocycles. The Morgan fingerprint density at radius 2 is 0.981 bits per heavy atom. The number of thiophene rings is 1. The molecule has 11 rings (SSSR count). The summed E-state index contributed by atoms with van der Waals surface area (Å²) >= 11 is 1.86. The van der Waals surface area contributed by atoms with Gasteiger partial charge in [0.05, 0.1) is 5.69 Å². The van der Waals surface area contributed by atoms with Gasteiger partial charge in [0.2, 0.25) is 0 Å². The van der Waals surface area contributed by atoms with Crippen LogP contribution in [0.3, 0.4) is 0 Å². The number of anilines is 3. The van der Waals surface area contributed by atoms with Crippen LogP contribution in [0.4, 0.5) is 17.1 Å². The maximum absolute atomic E-state index is 6.51. The number of fused-ring (bicyclic) bond motifs is 9. The Bertz CT molecular complexity index is 3130. The van der Waals surface area contributed by atoms with E-state index >= 15 is 0 Å². The molecule has 0 unspecified atom stereocenters. The van der Waals surface area contributed by atoms with Gasteiger partial charge in [0.25, 0.3) is 0 Å². The maximum Gasteiger partial charge on any atom is 0.136 e. The molecular formula is C48H29NO2S. The molecule has 0 fully saturated rings. The summed E-state index contributed by atoms with van der Waals surface area (Å²) < 4.78 is 15.3. The van der Waals surface area contributed by atoms with Crippen LogP contribution >= 0.6 is 11.3 Å². The lowest BCUT2D eigenvalue weighted by Gasteiger charge is -2.27. The molecule has 0 N–H and O–H groups in total. The smallest absolute Gasteiger partial charge is 0.136 e. The van der Waals surface area contributed by atoms with E-state index in [1.165, 1.54) is 36.9 Å². The first-order valence-electron chi connectivity index (χ1n) is 17.5. The van der Waals surface area contributed by atoms with Crippen LogP contribution in [0, 0.1) is 0 Å². The van der Waals surface area contributed by atoms with Gasteiger partial charge >= 0.3 is 0 Å². The fraction of sp³-hybridized carbons (Fsp3) is 0. The van der Waals surface area contributed by atoms with Gasteiger partial charge in [0, 0.05) is 53.1 Å². The normalized spacial score (nSPS) is 11.8. The van der Waals surface area contributed by atoms with Crippen molar-refractivity contribution in [3.8, 4) is 22.3 Å². The van der Waals surface area contributed by atoms with Crippen LogP contribution < -0.4 is 4.90 Å². The van der Waals surface area contributed by atoms with Gasteiger partial charge in [-0.05, 0) is 89.0 Å². The Morgan fingerprint density at radius 1 is 0.385 bits per heavy atom. The minimum absolute atomic E-state index is 0.866. The Balaban J connectivity index is 1.18. The average Bonchev–Trinajstić information content (AvgIpc) is 3.90. The molecule has 0 saturated heterocycles. The van der Waals surface area contributed by atoms with Crippen LogP contribution in [0.2, 0.25) is 0 Å². The molecule has 0 aliphatic carbocycles. The third-order valence-corrected chi connectivity index (χ3v) is 11.5. The highest BCUT2D eigenvalue weighted by atomic mass is 32.1. The van der Waals surface area contributed by atoms with Gasteiger partial charge < -0.3 is 13.7 Å². The monoisotopic (exact) mass is 683 g/mol. The Morgan fingerprint density at radius 3 is 1.73 bits per heavy atom. The topological polar surface area (TPSA) is 29.5 Å². The molecule has 52 heavy (non-hydrogen) atoms. The SMILES string of the molecule is c1ccc(-c2ccc3c(c2)oc2ccc(N(c4ccc5oc6ccccc6c5c4)c4ccc(-c5ccccc5)c5sc6ccccc6c45)cc23)cc1. The van der Waals surface area contributed by atoms with E-state index in [0.717, 1.165) is 66.5 Å². The first-order chi connectivity index (χ1) is 25.8. The highest BCUT2D eigenvalue weighted by Crippen LogP contribution is 2.49. The highest BCUT2D eigenvalue weighted by Gasteiger charge is 2.23. The van der Waals surface area contributed by atoms with E-state index in [1.807, 2.05) is 29.5 Å². The summed E-state index contributed by atoms with van der Waals surface area (Å²) in [4.78, 5) is 2.41. The van der Waals surface area contributed by atoms with Crippen LogP contribution in [0.5, 0.6) is 0 Å². The van der Waals surface area contributed by atoms with Gasteiger partial charge in [-0.15, -0.1) is 11.3 Å². The summed E-state index contributed by atoms with van der Waals surface area (Å²) in [6, 6.07) is 62.5. The van der Waals surface area contributed by atoms with Crippen LogP contribution in [0.15, 0.2) is 185 Å². The highest BCUT2D eigenvalue weighted by molar-refractivity contribution is 7.26. The number of furan rings is 2. The summed E-state index contributed by atoms with van der Waals surface area (Å²) in [5.41, 5.74) is 11.5. The van der Waals surface area contributed by atoms with Gasteiger partial charge in [-0.1, -0.05) is 109 Å². The molecule has 0 radical (unpaired) electrons. The first-order valence-corrected chi connectivity index (χ1v) is 18.3. The zero-order valence-corrected chi connectivity index (χ0v) is 28.7. The van der Waals surface area contributed by atoms with Gasteiger partial charge in [0.1, 0.15) is 22.3 Å². The third kappa shape index (κ3) is 4.51. The summed E-state index contributed by atoms with van der Waals surface area (Å²) in [5, 5.41) is 6.86. The average molecular weight is 684 g/mol. The summed E-state index contributed by atoms with van der Waals surface area (Å²) in [6.07, 6.45) is 0. The van der Waals surface area contributed by atoms with E-state index in [0.29, 0.717) is 0 Å². The number of para-hydroxylation sites is 1. The van der Waals surface area contributed by atoms with E-state index in [-0.39, 0.29) is 0 Å². The molecule has 0 spiro atoms. The van der Waals surface area contributed by atoms with Crippen LogP contribution in [0.1, 0.15) is 0 Å². The van der Waals surface area contributed by atoms with E-state index in [9.17, 15) is 0 Å². The van der Waals surface area contributed by atoms with E-state index < -0.39 is 0 Å². The Hall–Kier alpha value is -6.62. The molecule has 3 heterocycles. The molecule has 11 aromatic rings. The number of benzene rings is 8. The third-order valence-electron chi connectivity index (χ3n) is 10.3. The molecule has 0 saturated carbocycles. The lowest BCUT2D eigenvalue weighted by Crippen LogP contribution is -2.10. The van der Waals surface area contributed by atoms with Crippen molar-refractivity contribution in [3.63, 3.8) is 0 Å². The molecule has 0 aliphatic rings. The van der Waals surface area contributed by atoms with Crippen molar-refractivity contribution >= 4 is 92.4 Å². The van der Waals surface area contributed by atoms with Crippen molar-refractivity contribution < 1.29 is 8.83 Å². The van der Waals surface area contributed by atoms with Crippen LogP contribution in [0.25, 0.3) is 86.3 Å². The molecule has 0 aliphatic heterocycles. The zero-order chi connectivity index (χ0) is 34.2. The van der Waals surface area contributed by atoms with Crippen LogP contribution in [-0.4, -0.2) is 0 Å². The van der Waals surface area contributed by atoms with Gasteiger partial charge in [0.15, 0.2) is 0 Å². The minimum atomic E-state index is 0.866. The number of hydrogen-bond acceptors (Lipinski definition) is 4. The number of hydrogen-bond donors (Lipinski definition) is 0. The van der Waals surface area contributed by atoms with Gasteiger partial charge in [-0.2, -0.15) is 0 Å². The molecule has 3 aromatic heterocycles. The molecular weight excluding hydrogens is 655 g/mol. The molecule has 244 valence electrons. The van der Waals surface area contributed by atoms with Crippen molar-refractivity contribution in [2.75, 3.05) is 4.90 Å². The summed E-state index contributed by atoms with van der Waals surface area (Å²) in [5.74, 6) is 0. The van der Waals surface area contributed by atoms with E-state index in [1.54, 1.807) is 0 Å². The number of nitrogens with zero attached hydrogens (tertiary/aromatic N) is 1. The van der Waals surface area contributed by atoms with Crippen molar-refractivity contribution in [2.24, 2.45) is 0 Å². The lowest BCUT2D eigenvalue weighted by atomic mass is 10.00. The predicted molar refractivity (Wildman–Crippen MR) is 219 cm³/mol. The molecule has 0 amide bonds. The second-order valence-corrected chi connectivity index (χ2v) is 14.3. The van der Waals surface area contributed by atoms with E-state index in [4.69, 9.17) is 8.83 Å². The zero-order valence-electron chi connectivity index (χ0n) is 27.9. The lowest BCUT2D eigenvalue weighted by molar-refractivity contribution is 0.668. The standard InChI is InChI=1S/C48H29NO2S/c1-3-11-30(12-4-1)32-19-22-37-40-29-34(21-26-44(40)51-45(37)27-32)49(33-20-25-43-39(28-33)36-15-7-9-17-42(36)50-43)41-24-23-35(31-13-5-2-6-14-31)48-47(41)38-16-8-10-18-46(38)52-48/h1-29H. The molecule has 4 heteroatoms. The quantitative estimate of drug-likeness (QED) is 0.181. The largest absolute Gasteiger partial charge is 0.456 e.